The van der Waals surface area contributed by atoms with Crippen molar-refractivity contribution >= 4 is 0 Å². The molecule has 0 aliphatic heterocycles. The maximum absolute atomic E-state index is 9.45. The second kappa shape index (κ2) is 2.73. The molecule has 3 fully saturated rings. The van der Waals surface area contributed by atoms with E-state index in [9.17, 15) is 5.11 Å². The van der Waals surface area contributed by atoms with Gasteiger partial charge in [-0.15, -0.1) is 0 Å². The van der Waals surface area contributed by atoms with E-state index in [0.29, 0.717) is 12.0 Å². The van der Waals surface area contributed by atoms with Crippen molar-refractivity contribution in [2.75, 3.05) is 6.61 Å². The van der Waals surface area contributed by atoms with Crippen LogP contribution in [0.1, 0.15) is 39.5 Å². The average Bonchev–Trinajstić information content (AvgIpc) is 2.14. The normalized spacial score (nSPS) is 52.8. The Morgan fingerprint density at radius 2 is 1.83 bits per heavy atom. The number of hydrogen-bond donors (Lipinski definition) is 1. The quantitative estimate of drug-likeness (QED) is 0.637. The highest BCUT2D eigenvalue weighted by molar-refractivity contribution is 4.98. The summed E-state index contributed by atoms with van der Waals surface area (Å²) < 4.78 is 0. The summed E-state index contributed by atoms with van der Waals surface area (Å²) in [6, 6.07) is 0. The molecule has 0 radical (unpaired) electrons. The van der Waals surface area contributed by atoms with Crippen LogP contribution in [-0.4, -0.2) is 11.7 Å². The lowest BCUT2D eigenvalue weighted by molar-refractivity contribution is -0.0758. The van der Waals surface area contributed by atoms with Crippen molar-refractivity contribution in [1.29, 1.82) is 0 Å². The molecule has 3 saturated carbocycles. The fourth-order valence-corrected chi connectivity index (χ4v) is 3.46. The first-order valence-electron chi connectivity index (χ1n) is 5.30. The van der Waals surface area contributed by atoms with E-state index in [2.05, 4.69) is 13.8 Å². The highest BCUT2D eigenvalue weighted by Gasteiger charge is 2.48. The second-order valence-corrected chi connectivity index (χ2v) is 5.01. The van der Waals surface area contributed by atoms with E-state index < -0.39 is 0 Å². The summed E-state index contributed by atoms with van der Waals surface area (Å²) in [5.74, 6) is 2.56. The van der Waals surface area contributed by atoms with Crippen molar-refractivity contribution in [2.45, 2.75) is 39.5 Å². The van der Waals surface area contributed by atoms with Crippen molar-refractivity contribution in [1.82, 2.24) is 0 Å². The molecule has 1 heteroatoms. The van der Waals surface area contributed by atoms with E-state index in [-0.39, 0.29) is 0 Å². The van der Waals surface area contributed by atoms with Gasteiger partial charge in [0.25, 0.3) is 0 Å². The van der Waals surface area contributed by atoms with Crippen molar-refractivity contribution < 1.29 is 5.11 Å². The Morgan fingerprint density at radius 3 is 2.25 bits per heavy atom. The zero-order valence-corrected chi connectivity index (χ0v) is 8.21. The summed E-state index contributed by atoms with van der Waals surface area (Å²) in [6.07, 6.45) is 5.29. The standard InChI is InChI=1S/C11H20O/c1-8-9(2)11(7-12)5-3-10(8)4-6-11/h8-10,12H,3-7H2,1-2H3/t8-,9-,10?,11?/m0/s1. The molecule has 2 bridgehead atoms. The van der Waals surface area contributed by atoms with Crippen LogP contribution in [0.25, 0.3) is 0 Å². The van der Waals surface area contributed by atoms with E-state index in [1.807, 2.05) is 0 Å². The Kier molecular flexibility index (Phi) is 1.95. The van der Waals surface area contributed by atoms with Crippen LogP contribution in [0.5, 0.6) is 0 Å². The van der Waals surface area contributed by atoms with E-state index in [1.54, 1.807) is 0 Å². The molecule has 3 aliphatic carbocycles. The molecule has 12 heavy (non-hydrogen) atoms. The molecule has 1 nitrogen and oxygen atoms in total. The summed E-state index contributed by atoms with van der Waals surface area (Å²) in [5.41, 5.74) is 0.314. The van der Waals surface area contributed by atoms with Crippen molar-refractivity contribution in [3.63, 3.8) is 0 Å². The number of rotatable bonds is 1. The third-order valence-electron chi connectivity index (χ3n) is 4.84. The minimum absolute atomic E-state index is 0.314. The monoisotopic (exact) mass is 168 g/mol. The Balaban J connectivity index is 2.22. The van der Waals surface area contributed by atoms with Gasteiger partial charge < -0.3 is 5.11 Å². The van der Waals surface area contributed by atoms with Crippen LogP contribution in [0, 0.1) is 23.2 Å². The molecule has 0 unspecified atom stereocenters. The van der Waals surface area contributed by atoms with Gasteiger partial charge in [-0.25, -0.2) is 0 Å². The Morgan fingerprint density at radius 1 is 1.25 bits per heavy atom. The molecule has 70 valence electrons. The van der Waals surface area contributed by atoms with Crippen LogP contribution in [-0.2, 0) is 0 Å². The lowest BCUT2D eigenvalue weighted by Crippen LogP contribution is -2.48. The lowest BCUT2D eigenvalue weighted by Gasteiger charge is -2.54. The summed E-state index contributed by atoms with van der Waals surface area (Å²) in [7, 11) is 0. The maximum Gasteiger partial charge on any atom is 0.0490 e. The second-order valence-electron chi connectivity index (χ2n) is 5.01. The summed E-state index contributed by atoms with van der Waals surface area (Å²) in [4.78, 5) is 0. The summed E-state index contributed by atoms with van der Waals surface area (Å²) in [5, 5.41) is 9.45. The molecule has 0 spiro atoms. The Labute approximate surface area is 75.2 Å². The van der Waals surface area contributed by atoms with Crippen LogP contribution in [0.2, 0.25) is 0 Å². The van der Waals surface area contributed by atoms with Crippen molar-refractivity contribution in [2.24, 2.45) is 23.2 Å². The fraction of sp³-hybridized carbons (Fsp3) is 1.00. The van der Waals surface area contributed by atoms with Gasteiger partial charge in [0.1, 0.15) is 0 Å². The van der Waals surface area contributed by atoms with Gasteiger partial charge in [0.2, 0.25) is 0 Å². The topological polar surface area (TPSA) is 20.2 Å². The molecule has 0 heterocycles. The molecule has 0 aromatic rings. The number of fused-ring (bicyclic) bond motifs is 3. The molecular weight excluding hydrogens is 148 g/mol. The van der Waals surface area contributed by atoms with Crippen LogP contribution in [0.15, 0.2) is 0 Å². The molecule has 0 aromatic carbocycles. The van der Waals surface area contributed by atoms with E-state index in [0.717, 1.165) is 17.8 Å². The van der Waals surface area contributed by atoms with Gasteiger partial charge in [-0.05, 0) is 48.9 Å². The molecule has 3 rings (SSSR count). The maximum atomic E-state index is 9.45. The smallest absolute Gasteiger partial charge is 0.0490 e. The molecular formula is C11H20O. The first-order valence-corrected chi connectivity index (χ1v) is 5.30. The van der Waals surface area contributed by atoms with Gasteiger partial charge in [0.15, 0.2) is 0 Å². The average molecular weight is 168 g/mol. The molecule has 1 N–H and O–H groups in total. The lowest BCUT2D eigenvalue weighted by atomic mass is 9.52. The predicted molar refractivity (Wildman–Crippen MR) is 49.8 cm³/mol. The van der Waals surface area contributed by atoms with Gasteiger partial charge in [0, 0.05) is 6.61 Å². The third-order valence-corrected chi connectivity index (χ3v) is 4.84. The summed E-state index contributed by atoms with van der Waals surface area (Å²) in [6.45, 7) is 5.13. The number of hydrogen-bond acceptors (Lipinski definition) is 1. The van der Waals surface area contributed by atoms with Crippen LogP contribution in [0.3, 0.4) is 0 Å². The zero-order valence-electron chi connectivity index (χ0n) is 8.21. The predicted octanol–water partition coefficient (Wildman–Crippen LogP) is 2.44. The zero-order chi connectivity index (χ0) is 8.77. The van der Waals surface area contributed by atoms with E-state index in [1.165, 1.54) is 25.7 Å². The molecule has 0 aromatic heterocycles. The van der Waals surface area contributed by atoms with Crippen LogP contribution in [0.4, 0.5) is 0 Å². The number of aliphatic hydroxyl groups is 1. The minimum Gasteiger partial charge on any atom is -0.396 e. The van der Waals surface area contributed by atoms with Crippen LogP contribution >= 0.6 is 0 Å². The fourth-order valence-electron chi connectivity index (χ4n) is 3.46. The van der Waals surface area contributed by atoms with Crippen LogP contribution < -0.4 is 0 Å². The highest BCUT2D eigenvalue weighted by Crippen LogP contribution is 2.55. The molecule has 3 aliphatic rings. The van der Waals surface area contributed by atoms with Gasteiger partial charge in [-0.2, -0.15) is 0 Å². The highest BCUT2D eigenvalue weighted by atomic mass is 16.3. The van der Waals surface area contributed by atoms with Gasteiger partial charge in [0.05, 0.1) is 0 Å². The van der Waals surface area contributed by atoms with Gasteiger partial charge >= 0.3 is 0 Å². The van der Waals surface area contributed by atoms with Gasteiger partial charge in [-0.1, -0.05) is 13.8 Å². The first kappa shape index (κ1) is 8.55. The third kappa shape index (κ3) is 0.953. The Hall–Kier alpha value is -0.0400. The minimum atomic E-state index is 0.314. The molecule has 0 amide bonds. The number of aliphatic hydroxyl groups excluding tert-OH is 1. The van der Waals surface area contributed by atoms with Crippen molar-refractivity contribution in [3.05, 3.63) is 0 Å². The van der Waals surface area contributed by atoms with Crippen molar-refractivity contribution in [3.8, 4) is 0 Å². The largest absolute Gasteiger partial charge is 0.396 e. The molecule has 0 saturated heterocycles. The van der Waals surface area contributed by atoms with Gasteiger partial charge in [-0.3, -0.25) is 0 Å². The molecule has 2 atom stereocenters. The summed E-state index contributed by atoms with van der Waals surface area (Å²) >= 11 is 0. The van der Waals surface area contributed by atoms with E-state index in [4.69, 9.17) is 0 Å². The Bertz CT molecular complexity index is 168. The van der Waals surface area contributed by atoms with E-state index >= 15 is 0 Å². The first-order chi connectivity index (χ1) is 5.69. The SMILES string of the molecule is C[C@@H]1C2CCC(CO)(CC2)[C@H]1C.